The number of aliphatic hydroxyl groups excluding tert-OH is 1. The van der Waals surface area contributed by atoms with Gasteiger partial charge in [-0.2, -0.15) is 0 Å². The van der Waals surface area contributed by atoms with Crippen LogP contribution in [0, 0.1) is 5.82 Å². The molecule has 0 aromatic heterocycles. The molecule has 1 amide bonds. The fourth-order valence-corrected chi connectivity index (χ4v) is 3.57. The predicted molar refractivity (Wildman–Crippen MR) is 111 cm³/mol. The Hall–Kier alpha value is -3.93. The fourth-order valence-electron chi connectivity index (χ4n) is 3.57. The quantitative estimate of drug-likeness (QED) is 0.397. The largest absolute Gasteiger partial charge is 0.507 e. The lowest BCUT2D eigenvalue weighted by Gasteiger charge is -2.25. The van der Waals surface area contributed by atoms with E-state index < -0.39 is 23.5 Å². The highest BCUT2D eigenvalue weighted by Gasteiger charge is 2.47. The van der Waals surface area contributed by atoms with Gasteiger partial charge in [-0.05, 0) is 29.8 Å². The molecule has 0 aliphatic carbocycles. The number of carbonyl (C=O) groups is 2. The van der Waals surface area contributed by atoms with Crippen LogP contribution in [-0.4, -0.2) is 23.9 Å². The third kappa shape index (κ3) is 3.33. The van der Waals surface area contributed by atoms with Gasteiger partial charge in [-0.15, -0.1) is 0 Å². The number of anilines is 1. The van der Waals surface area contributed by atoms with Crippen LogP contribution >= 0.6 is 0 Å². The third-order valence-electron chi connectivity index (χ3n) is 5.01. The molecule has 0 radical (unpaired) electrons. The van der Waals surface area contributed by atoms with Crippen LogP contribution in [0.3, 0.4) is 0 Å². The van der Waals surface area contributed by atoms with Crippen LogP contribution in [0.4, 0.5) is 10.1 Å². The van der Waals surface area contributed by atoms with E-state index in [-0.39, 0.29) is 11.3 Å². The lowest BCUT2D eigenvalue weighted by molar-refractivity contribution is -0.132. The van der Waals surface area contributed by atoms with Crippen LogP contribution in [0.5, 0.6) is 5.75 Å². The SMILES string of the molecule is COc1cccc(N2C(=O)C(=O)C(=C(O)c3ccccc3)[C@@H]2c2ccc(F)cc2)c1. The van der Waals surface area contributed by atoms with E-state index in [2.05, 4.69) is 0 Å². The first kappa shape index (κ1) is 19.4. The van der Waals surface area contributed by atoms with E-state index in [4.69, 9.17) is 4.74 Å². The molecule has 150 valence electrons. The zero-order chi connectivity index (χ0) is 21.3. The Morgan fingerprint density at radius 3 is 2.33 bits per heavy atom. The molecule has 1 atom stereocenters. The summed E-state index contributed by atoms with van der Waals surface area (Å²) in [6, 6.07) is 19.8. The summed E-state index contributed by atoms with van der Waals surface area (Å²) in [6.45, 7) is 0. The molecule has 0 bridgehead atoms. The van der Waals surface area contributed by atoms with Gasteiger partial charge in [0.1, 0.15) is 17.3 Å². The molecule has 4 rings (SSSR count). The molecule has 0 saturated carbocycles. The molecule has 6 heteroatoms. The van der Waals surface area contributed by atoms with Crippen LogP contribution in [0.2, 0.25) is 0 Å². The minimum absolute atomic E-state index is 0.0550. The molecular formula is C24H18FNO4. The van der Waals surface area contributed by atoms with Gasteiger partial charge in [0.25, 0.3) is 11.7 Å². The van der Waals surface area contributed by atoms with E-state index in [1.54, 1.807) is 54.6 Å². The van der Waals surface area contributed by atoms with E-state index in [9.17, 15) is 19.1 Å². The van der Waals surface area contributed by atoms with Crippen molar-refractivity contribution in [1.29, 1.82) is 0 Å². The summed E-state index contributed by atoms with van der Waals surface area (Å²) < 4.78 is 18.8. The van der Waals surface area contributed by atoms with Gasteiger partial charge in [-0.25, -0.2) is 4.39 Å². The Kier molecular flexibility index (Phi) is 5.06. The number of ketones is 1. The number of methoxy groups -OCH3 is 1. The number of aliphatic hydroxyl groups is 1. The van der Waals surface area contributed by atoms with Gasteiger partial charge < -0.3 is 9.84 Å². The maximum Gasteiger partial charge on any atom is 0.300 e. The molecule has 30 heavy (non-hydrogen) atoms. The number of halogens is 1. The smallest absolute Gasteiger partial charge is 0.300 e. The monoisotopic (exact) mass is 403 g/mol. The highest BCUT2D eigenvalue weighted by molar-refractivity contribution is 6.51. The first-order valence-electron chi connectivity index (χ1n) is 9.27. The maximum atomic E-state index is 13.5. The van der Waals surface area contributed by atoms with Gasteiger partial charge >= 0.3 is 0 Å². The maximum absolute atomic E-state index is 13.5. The van der Waals surface area contributed by atoms with E-state index in [0.29, 0.717) is 22.6 Å². The van der Waals surface area contributed by atoms with Gasteiger partial charge in [0.15, 0.2) is 0 Å². The summed E-state index contributed by atoms with van der Waals surface area (Å²) in [5.41, 5.74) is 1.28. The van der Waals surface area contributed by atoms with Gasteiger partial charge in [0, 0.05) is 17.3 Å². The van der Waals surface area contributed by atoms with Gasteiger partial charge in [0.2, 0.25) is 0 Å². The van der Waals surface area contributed by atoms with Crippen LogP contribution in [0.25, 0.3) is 5.76 Å². The zero-order valence-corrected chi connectivity index (χ0v) is 16.1. The lowest BCUT2D eigenvalue weighted by atomic mass is 9.95. The Balaban J connectivity index is 1.94. The summed E-state index contributed by atoms with van der Waals surface area (Å²) in [6.07, 6.45) is 0. The molecule has 3 aromatic carbocycles. The number of nitrogens with zero attached hydrogens (tertiary/aromatic N) is 1. The Bertz CT molecular complexity index is 1140. The van der Waals surface area contributed by atoms with E-state index in [1.165, 1.54) is 36.3 Å². The lowest BCUT2D eigenvalue weighted by Crippen LogP contribution is -2.29. The molecule has 3 aromatic rings. The Morgan fingerprint density at radius 1 is 0.967 bits per heavy atom. The van der Waals surface area contributed by atoms with Crippen molar-refractivity contribution < 1.29 is 23.8 Å². The van der Waals surface area contributed by atoms with Crippen molar-refractivity contribution in [2.24, 2.45) is 0 Å². The van der Waals surface area contributed by atoms with Crippen molar-refractivity contribution in [3.63, 3.8) is 0 Å². The summed E-state index contributed by atoms with van der Waals surface area (Å²) in [7, 11) is 1.50. The standard InChI is InChI=1S/C24H18FNO4/c1-30-19-9-5-8-18(14-19)26-21(15-10-12-17(25)13-11-15)20(23(28)24(26)29)22(27)16-6-3-2-4-7-16/h2-14,21,27H,1H3/t21-/m0/s1. The summed E-state index contributed by atoms with van der Waals surface area (Å²) in [5, 5.41) is 10.9. The number of carbonyl (C=O) groups excluding carboxylic acids is 2. The van der Waals surface area contributed by atoms with Crippen LogP contribution in [0.1, 0.15) is 17.2 Å². The molecule has 1 fully saturated rings. The van der Waals surface area contributed by atoms with Crippen molar-refractivity contribution in [3.8, 4) is 5.75 Å². The topological polar surface area (TPSA) is 66.8 Å². The third-order valence-corrected chi connectivity index (χ3v) is 5.01. The van der Waals surface area contributed by atoms with Crippen LogP contribution < -0.4 is 9.64 Å². The molecule has 1 aliphatic heterocycles. The summed E-state index contributed by atoms with van der Waals surface area (Å²) in [5.74, 6) is -1.81. The number of hydrogen-bond acceptors (Lipinski definition) is 4. The predicted octanol–water partition coefficient (Wildman–Crippen LogP) is 4.46. The molecule has 5 nitrogen and oxygen atoms in total. The minimum Gasteiger partial charge on any atom is -0.507 e. The van der Waals surface area contributed by atoms with Gasteiger partial charge in [-0.3, -0.25) is 14.5 Å². The van der Waals surface area contributed by atoms with Crippen molar-refractivity contribution >= 4 is 23.1 Å². The molecular weight excluding hydrogens is 385 g/mol. The molecule has 0 unspecified atom stereocenters. The summed E-state index contributed by atoms with van der Waals surface area (Å²) >= 11 is 0. The van der Waals surface area contributed by atoms with Crippen molar-refractivity contribution in [2.45, 2.75) is 6.04 Å². The molecule has 1 aliphatic rings. The zero-order valence-electron chi connectivity index (χ0n) is 16.1. The van der Waals surface area contributed by atoms with Gasteiger partial charge in [0.05, 0.1) is 18.7 Å². The van der Waals surface area contributed by atoms with E-state index in [1.807, 2.05) is 0 Å². The second-order valence-corrected chi connectivity index (χ2v) is 6.79. The Morgan fingerprint density at radius 2 is 1.67 bits per heavy atom. The van der Waals surface area contributed by atoms with E-state index >= 15 is 0 Å². The second kappa shape index (κ2) is 7.83. The average Bonchev–Trinajstić information content (AvgIpc) is 3.05. The highest BCUT2D eigenvalue weighted by atomic mass is 19.1. The number of Topliss-reactive ketones (excluding diaryl/α,β-unsaturated/α-hetero) is 1. The van der Waals surface area contributed by atoms with Crippen LogP contribution in [-0.2, 0) is 9.59 Å². The van der Waals surface area contributed by atoms with Crippen molar-refractivity contribution in [1.82, 2.24) is 0 Å². The molecule has 0 spiro atoms. The highest BCUT2D eigenvalue weighted by Crippen LogP contribution is 2.42. The average molecular weight is 403 g/mol. The van der Waals surface area contributed by atoms with Crippen molar-refractivity contribution in [2.75, 3.05) is 12.0 Å². The number of benzene rings is 3. The van der Waals surface area contributed by atoms with E-state index in [0.717, 1.165) is 0 Å². The van der Waals surface area contributed by atoms with Gasteiger partial charge in [-0.1, -0.05) is 48.5 Å². The summed E-state index contributed by atoms with van der Waals surface area (Å²) in [4.78, 5) is 27.3. The second-order valence-electron chi connectivity index (χ2n) is 6.79. The minimum atomic E-state index is -0.919. The molecule has 1 N–H and O–H groups in total. The van der Waals surface area contributed by atoms with Crippen molar-refractivity contribution in [3.05, 3.63) is 101 Å². The number of amides is 1. The number of rotatable bonds is 4. The van der Waals surface area contributed by atoms with Crippen LogP contribution in [0.15, 0.2) is 84.4 Å². The normalized spacial score (nSPS) is 17.9. The molecule has 1 saturated heterocycles. The number of hydrogen-bond donors (Lipinski definition) is 1. The first-order chi connectivity index (χ1) is 14.5. The first-order valence-corrected chi connectivity index (χ1v) is 9.27. The molecule has 1 heterocycles. The number of ether oxygens (including phenoxy) is 1. The fraction of sp³-hybridized carbons (Fsp3) is 0.0833. The Labute approximate surface area is 172 Å².